The molecule has 1 N–H and O–H groups in total. The van der Waals surface area contributed by atoms with Crippen LogP contribution in [0.3, 0.4) is 0 Å². The van der Waals surface area contributed by atoms with Gasteiger partial charge in [-0.05, 0) is 43.0 Å². The normalized spacial score (nSPS) is 20.1. The third-order valence-electron chi connectivity index (χ3n) is 3.72. The van der Waals surface area contributed by atoms with Gasteiger partial charge in [-0.25, -0.2) is 0 Å². The fraction of sp³-hybridized carbons (Fsp3) is 0.438. The molecule has 22 heavy (non-hydrogen) atoms. The van der Waals surface area contributed by atoms with Crippen molar-refractivity contribution in [2.75, 3.05) is 13.1 Å². The van der Waals surface area contributed by atoms with Crippen LogP contribution >= 0.6 is 0 Å². The number of alkyl halides is 3. The maximum absolute atomic E-state index is 12.5. The van der Waals surface area contributed by atoms with E-state index >= 15 is 0 Å². The average molecular weight is 313 g/mol. The van der Waals surface area contributed by atoms with Crippen LogP contribution in [-0.2, 0) is 11.0 Å². The van der Waals surface area contributed by atoms with Crippen molar-refractivity contribution in [1.82, 2.24) is 4.90 Å². The molecule has 1 aliphatic rings. The van der Waals surface area contributed by atoms with Crippen molar-refractivity contribution in [1.29, 1.82) is 0 Å². The van der Waals surface area contributed by atoms with Gasteiger partial charge in [-0.15, -0.1) is 0 Å². The second-order valence-corrected chi connectivity index (χ2v) is 5.48. The summed E-state index contributed by atoms with van der Waals surface area (Å²) in [4.78, 5) is 13.7. The van der Waals surface area contributed by atoms with Gasteiger partial charge in [0.25, 0.3) is 0 Å². The summed E-state index contributed by atoms with van der Waals surface area (Å²) < 4.78 is 37.5. The molecule has 2 rings (SSSR count). The largest absolute Gasteiger partial charge is 0.416 e. The zero-order valence-electron chi connectivity index (χ0n) is 12.2. The van der Waals surface area contributed by atoms with Gasteiger partial charge in [-0.3, -0.25) is 4.79 Å². The van der Waals surface area contributed by atoms with E-state index in [0.717, 1.165) is 18.6 Å². The van der Waals surface area contributed by atoms with Gasteiger partial charge in [-0.1, -0.05) is 12.1 Å². The minimum Gasteiger partial charge on any atom is -0.391 e. The van der Waals surface area contributed by atoms with Crippen LogP contribution in [-0.4, -0.2) is 35.1 Å². The molecule has 1 aromatic rings. The molecule has 0 saturated carbocycles. The smallest absolute Gasteiger partial charge is 0.391 e. The molecule has 1 aliphatic heterocycles. The summed E-state index contributed by atoms with van der Waals surface area (Å²) in [6.45, 7) is 2.57. The Kier molecular flexibility index (Phi) is 4.90. The second kappa shape index (κ2) is 6.52. The fourth-order valence-electron chi connectivity index (χ4n) is 2.44. The molecule has 1 atom stereocenters. The Morgan fingerprint density at radius 2 is 1.95 bits per heavy atom. The highest BCUT2D eigenvalue weighted by molar-refractivity contribution is 5.94. The molecule has 1 heterocycles. The predicted molar refractivity (Wildman–Crippen MR) is 76.9 cm³/mol. The minimum atomic E-state index is -4.37. The number of rotatable bonds is 2. The number of carbonyl (C=O) groups excluding carboxylic acids is 1. The van der Waals surface area contributed by atoms with Crippen LogP contribution in [0, 0.1) is 0 Å². The Balaban J connectivity index is 2.09. The molecule has 1 fully saturated rings. The molecule has 6 heteroatoms. The number of piperidine rings is 1. The number of aliphatic hydroxyl groups is 1. The van der Waals surface area contributed by atoms with E-state index in [9.17, 15) is 23.1 Å². The Labute approximate surface area is 127 Å². The number of halogens is 3. The summed E-state index contributed by atoms with van der Waals surface area (Å²) in [6, 6.07) is 4.71. The summed E-state index contributed by atoms with van der Waals surface area (Å²) in [5.41, 5.74) is 0.451. The van der Waals surface area contributed by atoms with Crippen LogP contribution in [0.1, 0.15) is 30.9 Å². The van der Waals surface area contributed by atoms with Gasteiger partial charge in [0, 0.05) is 19.2 Å². The Hall–Kier alpha value is -1.82. The van der Waals surface area contributed by atoms with Gasteiger partial charge in [0.2, 0.25) is 5.91 Å². The maximum atomic E-state index is 12.5. The molecule has 0 bridgehead atoms. The van der Waals surface area contributed by atoms with E-state index in [-0.39, 0.29) is 5.91 Å². The van der Waals surface area contributed by atoms with E-state index in [0.29, 0.717) is 30.6 Å². The molecular weight excluding hydrogens is 295 g/mol. The van der Waals surface area contributed by atoms with Gasteiger partial charge in [0.15, 0.2) is 0 Å². The number of hydrogen-bond donors (Lipinski definition) is 1. The Morgan fingerprint density at radius 1 is 1.32 bits per heavy atom. The molecule has 1 unspecified atom stereocenters. The first-order chi connectivity index (χ1) is 10.3. The number of nitrogens with zero attached hydrogens (tertiary/aromatic N) is 1. The molecule has 3 nitrogen and oxygen atoms in total. The van der Waals surface area contributed by atoms with Gasteiger partial charge < -0.3 is 10.0 Å². The number of hydrogen-bond acceptors (Lipinski definition) is 2. The van der Waals surface area contributed by atoms with Crippen molar-refractivity contribution in [3.8, 4) is 0 Å². The van der Waals surface area contributed by atoms with Crippen molar-refractivity contribution in [2.45, 2.75) is 32.0 Å². The van der Waals surface area contributed by atoms with Crippen LogP contribution in [0.5, 0.6) is 0 Å². The summed E-state index contributed by atoms with van der Waals surface area (Å²) in [5, 5.41) is 9.57. The zero-order valence-corrected chi connectivity index (χ0v) is 12.2. The van der Waals surface area contributed by atoms with Crippen LogP contribution in [0.25, 0.3) is 5.57 Å². The molecule has 1 aromatic carbocycles. The minimum absolute atomic E-state index is 0.226. The van der Waals surface area contributed by atoms with Crippen LogP contribution < -0.4 is 0 Å². The monoisotopic (exact) mass is 313 g/mol. The third kappa shape index (κ3) is 4.10. The van der Waals surface area contributed by atoms with Gasteiger partial charge in [-0.2, -0.15) is 13.2 Å². The zero-order chi connectivity index (χ0) is 16.3. The van der Waals surface area contributed by atoms with Gasteiger partial charge in [0.05, 0.1) is 11.7 Å². The molecule has 0 spiro atoms. The molecule has 1 saturated heterocycles. The number of benzene rings is 1. The van der Waals surface area contributed by atoms with Crippen molar-refractivity contribution in [3.63, 3.8) is 0 Å². The quantitative estimate of drug-likeness (QED) is 0.852. The Morgan fingerprint density at radius 3 is 2.50 bits per heavy atom. The number of β-amino-alcohol motifs (C(OH)–C–C–N with tert-alkyl or cyclic N) is 1. The highest BCUT2D eigenvalue weighted by Crippen LogP contribution is 2.30. The predicted octanol–water partition coefficient (Wildman–Crippen LogP) is 3.09. The molecule has 0 radical (unpaired) electrons. The number of carbonyl (C=O) groups is 1. The van der Waals surface area contributed by atoms with Crippen molar-refractivity contribution >= 4 is 11.5 Å². The SMILES string of the molecule is CC(=CC(=O)N1CCCC(O)C1)c1ccc(C(F)(F)F)cc1. The highest BCUT2D eigenvalue weighted by Gasteiger charge is 2.30. The summed E-state index contributed by atoms with van der Waals surface area (Å²) in [6.07, 6.45) is -2.03. The van der Waals surface area contributed by atoms with Crippen molar-refractivity contribution in [3.05, 3.63) is 41.5 Å². The number of aliphatic hydroxyl groups excluding tert-OH is 1. The number of likely N-dealkylation sites (tertiary alicyclic amines) is 1. The number of allylic oxidation sites excluding steroid dienone is 1. The number of amides is 1. The summed E-state index contributed by atoms with van der Waals surface area (Å²) >= 11 is 0. The first kappa shape index (κ1) is 16.5. The van der Waals surface area contributed by atoms with E-state index in [2.05, 4.69) is 0 Å². The molecule has 0 aliphatic carbocycles. The molecule has 120 valence electrons. The van der Waals surface area contributed by atoms with E-state index in [1.165, 1.54) is 18.2 Å². The van der Waals surface area contributed by atoms with Gasteiger partial charge in [0.1, 0.15) is 0 Å². The van der Waals surface area contributed by atoms with E-state index in [4.69, 9.17) is 0 Å². The second-order valence-electron chi connectivity index (χ2n) is 5.48. The van der Waals surface area contributed by atoms with E-state index in [1.807, 2.05) is 0 Å². The molecular formula is C16H18F3NO2. The Bertz CT molecular complexity index is 564. The standard InChI is InChI=1S/C16H18F3NO2/c1-11(9-15(22)20-8-2-3-14(21)10-20)12-4-6-13(7-5-12)16(17,18)19/h4-7,9,14,21H,2-3,8,10H2,1H3. The van der Waals surface area contributed by atoms with Crippen molar-refractivity contribution < 1.29 is 23.1 Å². The lowest BCUT2D eigenvalue weighted by molar-refractivity contribution is -0.137. The lowest BCUT2D eigenvalue weighted by Crippen LogP contribution is -2.41. The summed E-state index contributed by atoms with van der Waals surface area (Å²) in [7, 11) is 0. The molecule has 1 amide bonds. The average Bonchev–Trinajstić information content (AvgIpc) is 2.46. The first-order valence-electron chi connectivity index (χ1n) is 7.10. The maximum Gasteiger partial charge on any atom is 0.416 e. The molecule has 0 aromatic heterocycles. The van der Waals surface area contributed by atoms with Crippen LogP contribution in [0.15, 0.2) is 30.3 Å². The van der Waals surface area contributed by atoms with E-state index < -0.39 is 17.8 Å². The van der Waals surface area contributed by atoms with Crippen LogP contribution in [0.2, 0.25) is 0 Å². The first-order valence-corrected chi connectivity index (χ1v) is 7.10. The lowest BCUT2D eigenvalue weighted by atomic mass is 10.0. The van der Waals surface area contributed by atoms with E-state index in [1.54, 1.807) is 11.8 Å². The van der Waals surface area contributed by atoms with Gasteiger partial charge >= 0.3 is 6.18 Å². The fourth-order valence-corrected chi connectivity index (χ4v) is 2.44. The topological polar surface area (TPSA) is 40.5 Å². The lowest BCUT2D eigenvalue weighted by Gasteiger charge is -2.29. The third-order valence-corrected chi connectivity index (χ3v) is 3.72. The summed E-state index contributed by atoms with van der Waals surface area (Å²) in [5.74, 6) is -0.226. The highest BCUT2D eigenvalue weighted by atomic mass is 19.4. The van der Waals surface area contributed by atoms with Crippen molar-refractivity contribution in [2.24, 2.45) is 0 Å². The van der Waals surface area contributed by atoms with Crippen LogP contribution in [0.4, 0.5) is 13.2 Å².